The highest BCUT2D eigenvalue weighted by molar-refractivity contribution is 14.0. The molecule has 31 heavy (non-hydrogen) atoms. The molecule has 1 aliphatic heterocycles. The van der Waals surface area contributed by atoms with Gasteiger partial charge in [0.2, 0.25) is 0 Å². The van der Waals surface area contributed by atoms with Crippen LogP contribution in [0.15, 0.2) is 29.3 Å². The van der Waals surface area contributed by atoms with E-state index in [1.165, 1.54) is 32.4 Å². The summed E-state index contributed by atoms with van der Waals surface area (Å²) in [6.45, 7) is 15.2. The number of hydrogen-bond acceptors (Lipinski definition) is 3. The summed E-state index contributed by atoms with van der Waals surface area (Å²) in [5.41, 5.74) is 1.96. The van der Waals surface area contributed by atoms with Gasteiger partial charge in [-0.25, -0.2) is 9.79 Å². The van der Waals surface area contributed by atoms with Gasteiger partial charge in [0.05, 0.1) is 6.54 Å². The fourth-order valence-electron chi connectivity index (χ4n) is 3.55. The van der Waals surface area contributed by atoms with Crippen LogP contribution in [0.1, 0.15) is 59.4 Å². The summed E-state index contributed by atoms with van der Waals surface area (Å²) < 4.78 is 0. The highest BCUT2D eigenvalue weighted by atomic mass is 127. The van der Waals surface area contributed by atoms with Gasteiger partial charge in [-0.05, 0) is 78.2 Å². The molecule has 0 aromatic heterocycles. The lowest BCUT2D eigenvalue weighted by Gasteiger charge is -2.41. The van der Waals surface area contributed by atoms with Crippen molar-refractivity contribution < 1.29 is 4.79 Å². The summed E-state index contributed by atoms with van der Waals surface area (Å²) in [4.78, 5) is 19.1. The molecule has 4 N–H and O–H groups in total. The molecule has 7 nitrogen and oxygen atoms in total. The van der Waals surface area contributed by atoms with E-state index in [-0.39, 0.29) is 41.6 Å². The lowest BCUT2D eigenvalue weighted by molar-refractivity contribution is 0.0982. The number of guanidine groups is 1. The highest BCUT2D eigenvalue weighted by Crippen LogP contribution is 2.19. The van der Waals surface area contributed by atoms with E-state index >= 15 is 0 Å². The third-order valence-corrected chi connectivity index (χ3v) is 5.30. The minimum atomic E-state index is -0.189. The molecule has 0 unspecified atom stereocenters. The third kappa shape index (κ3) is 10.1. The molecule has 1 fully saturated rings. The van der Waals surface area contributed by atoms with Crippen LogP contribution in [-0.2, 0) is 6.54 Å². The number of piperidine rings is 1. The van der Waals surface area contributed by atoms with Gasteiger partial charge in [0.25, 0.3) is 0 Å². The van der Waals surface area contributed by atoms with Crippen molar-refractivity contribution in [3.05, 3.63) is 29.8 Å². The molecule has 0 aliphatic carbocycles. The fraction of sp³-hybridized carbons (Fsp3) is 0.652. The maximum absolute atomic E-state index is 11.8. The van der Waals surface area contributed by atoms with Gasteiger partial charge in [-0.3, -0.25) is 4.90 Å². The molecule has 0 radical (unpaired) electrons. The minimum Gasteiger partial charge on any atom is -0.357 e. The van der Waals surface area contributed by atoms with Gasteiger partial charge in [-0.15, -0.1) is 24.0 Å². The lowest BCUT2D eigenvalue weighted by atomic mass is 9.98. The smallest absolute Gasteiger partial charge is 0.319 e. The van der Waals surface area contributed by atoms with Crippen molar-refractivity contribution in [3.63, 3.8) is 0 Å². The number of amides is 2. The Hall–Kier alpha value is -1.55. The number of rotatable bonds is 8. The van der Waals surface area contributed by atoms with E-state index in [1.54, 1.807) is 0 Å². The van der Waals surface area contributed by atoms with Crippen LogP contribution < -0.4 is 21.3 Å². The highest BCUT2D eigenvalue weighted by Gasteiger charge is 2.27. The molecule has 1 aliphatic rings. The van der Waals surface area contributed by atoms with Crippen molar-refractivity contribution in [2.75, 3.05) is 31.5 Å². The van der Waals surface area contributed by atoms with Crippen molar-refractivity contribution in [1.82, 2.24) is 20.9 Å². The summed E-state index contributed by atoms with van der Waals surface area (Å²) in [6.07, 6.45) is 3.93. The second-order valence-corrected chi connectivity index (χ2v) is 8.86. The molecule has 0 saturated carbocycles. The number of hydrogen-bond donors (Lipinski definition) is 4. The number of aliphatic imine (C=N–C) groups is 1. The van der Waals surface area contributed by atoms with Crippen LogP contribution >= 0.6 is 24.0 Å². The van der Waals surface area contributed by atoms with Gasteiger partial charge in [0.1, 0.15) is 0 Å². The van der Waals surface area contributed by atoms with Crippen LogP contribution in [0.3, 0.4) is 0 Å². The van der Waals surface area contributed by atoms with Crippen molar-refractivity contribution in [1.29, 1.82) is 0 Å². The number of nitrogens with zero attached hydrogens (tertiary/aromatic N) is 2. The van der Waals surface area contributed by atoms with Crippen LogP contribution in [0.2, 0.25) is 0 Å². The molecular weight excluding hydrogens is 503 g/mol. The van der Waals surface area contributed by atoms with Gasteiger partial charge in [-0.1, -0.05) is 18.6 Å². The Labute approximate surface area is 205 Å². The molecule has 1 aromatic carbocycles. The molecule has 1 aromatic rings. The molecule has 1 saturated heterocycles. The maximum atomic E-state index is 11.8. The van der Waals surface area contributed by atoms with Crippen molar-refractivity contribution in [3.8, 4) is 0 Å². The summed E-state index contributed by atoms with van der Waals surface area (Å²) in [7, 11) is 0. The van der Waals surface area contributed by atoms with Crippen LogP contribution in [-0.4, -0.2) is 54.7 Å². The van der Waals surface area contributed by atoms with Crippen LogP contribution in [0.4, 0.5) is 10.5 Å². The Morgan fingerprint density at radius 2 is 1.74 bits per heavy atom. The molecule has 1 heterocycles. The van der Waals surface area contributed by atoms with E-state index < -0.39 is 0 Å². The number of likely N-dealkylation sites (tertiary alicyclic amines) is 1. The number of halogens is 1. The first-order valence-electron chi connectivity index (χ1n) is 11.2. The molecule has 0 bridgehead atoms. The average molecular weight is 545 g/mol. The fourth-order valence-corrected chi connectivity index (χ4v) is 3.55. The largest absolute Gasteiger partial charge is 0.357 e. The Kier molecular flexibility index (Phi) is 12.2. The maximum Gasteiger partial charge on any atom is 0.319 e. The SMILES string of the molecule is CCNC(=NCc1ccc(NC(=O)NC(C)C)cc1)NCC(C)(C)N1CCCCC1.I. The topological polar surface area (TPSA) is 80.8 Å². The van der Waals surface area contributed by atoms with E-state index in [4.69, 9.17) is 4.99 Å². The van der Waals surface area contributed by atoms with Crippen molar-refractivity contribution in [2.24, 2.45) is 4.99 Å². The van der Waals surface area contributed by atoms with Gasteiger partial charge in [-0.2, -0.15) is 0 Å². The lowest BCUT2D eigenvalue weighted by Crippen LogP contribution is -2.54. The molecule has 176 valence electrons. The van der Waals surface area contributed by atoms with Gasteiger partial charge >= 0.3 is 6.03 Å². The predicted octanol–water partition coefficient (Wildman–Crippen LogP) is 4.15. The Balaban J connectivity index is 0.00000480. The standard InChI is InChI=1S/C23H40N6O.HI/c1-6-24-21(26-17-23(4,5)29-14-8-7-9-15-29)25-16-19-10-12-20(13-11-19)28-22(30)27-18(2)3;/h10-13,18H,6-9,14-17H2,1-5H3,(H2,24,25,26)(H2,27,28,30);1H. The van der Waals surface area contributed by atoms with Gasteiger partial charge in [0.15, 0.2) is 5.96 Å². The first kappa shape index (κ1) is 27.5. The average Bonchev–Trinajstić information content (AvgIpc) is 2.71. The molecule has 2 amide bonds. The second kappa shape index (κ2) is 13.8. The van der Waals surface area contributed by atoms with E-state index in [9.17, 15) is 4.79 Å². The van der Waals surface area contributed by atoms with Crippen molar-refractivity contribution >= 4 is 41.7 Å². The van der Waals surface area contributed by atoms with E-state index in [0.29, 0.717) is 6.54 Å². The number of benzene rings is 1. The third-order valence-electron chi connectivity index (χ3n) is 5.30. The zero-order valence-corrected chi connectivity index (χ0v) is 22.1. The molecule has 0 spiro atoms. The Bertz CT molecular complexity index is 684. The summed E-state index contributed by atoms with van der Waals surface area (Å²) in [5.74, 6) is 0.834. The van der Waals surface area contributed by atoms with Crippen LogP contribution in [0.5, 0.6) is 0 Å². The Morgan fingerprint density at radius 1 is 1.10 bits per heavy atom. The van der Waals surface area contributed by atoms with Crippen LogP contribution in [0, 0.1) is 0 Å². The molecular formula is C23H41IN6O. The van der Waals surface area contributed by atoms with Gasteiger partial charge in [0, 0.05) is 30.4 Å². The van der Waals surface area contributed by atoms with Gasteiger partial charge < -0.3 is 21.3 Å². The minimum absolute atomic E-state index is 0. The molecule has 8 heteroatoms. The first-order valence-corrected chi connectivity index (χ1v) is 11.2. The summed E-state index contributed by atoms with van der Waals surface area (Å²) in [5, 5.41) is 12.5. The van der Waals surface area contributed by atoms with E-state index in [2.05, 4.69) is 46.9 Å². The van der Waals surface area contributed by atoms with E-state index in [1.807, 2.05) is 38.1 Å². The van der Waals surface area contributed by atoms with E-state index in [0.717, 1.165) is 30.3 Å². The summed E-state index contributed by atoms with van der Waals surface area (Å²) in [6, 6.07) is 7.72. The zero-order chi connectivity index (χ0) is 22.0. The first-order chi connectivity index (χ1) is 14.3. The monoisotopic (exact) mass is 544 g/mol. The number of carbonyl (C=O) groups excluding carboxylic acids is 1. The number of urea groups is 1. The normalized spacial score (nSPS) is 15.2. The van der Waals surface area contributed by atoms with Crippen molar-refractivity contribution in [2.45, 2.75) is 72.0 Å². The molecule has 2 rings (SSSR count). The Morgan fingerprint density at radius 3 is 2.32 bits per heavy atom. The zero-order valence-electron chi connectivity index (χ0n) is 19.8. The summed E-state index contributed by atoms with van der Waals surface area (Å²) >= 11 is 0. The predicted molar refractivity (Wildman–Crippen MR) is 141 cm³/mol. The quantitative estimate of drug-likeness (QED) is 0.225. The second-order valence-electron chi connectivity index (χ2n) is 8.86. The molecule has 0 atom stereocenters. The van der Waals surface area contributed by atoms with Crippen LogP contribution in [0.25, 0.3) is 0 Å². The number of carbonyl (C=O) groups is 1. The number of nitrogens with one attached hydrogen (secondary N) is 4. The number of anilines is 1.